The number of fused-ring (bicyclic) bond motifs is 6. The molecule has 0 aliphatic heterocycles. The van der Waals surface area contributed by atoms with Crippen molar-refractivity contribution < 1.29 is 0 Å². The number of rotatable bonds is 6. The van der Waals surface area contributed by atoms with Gasteiger partial charge in [0.1, 0.15) is 0 Å². The maximum atomic E-state index is 5.31. The van der Waals surface area contributed by atoms with Crippen molar-refractivity contribution in [2.24, 2.45) is 0 Å². The first kappa shape index (κ1) is 32.6. The molecule has 0 saturated heterocycles. The van der Waals surface area contributed by atoms with Gasteiger partial charge in [-0.15, -0.1) is 22.7 Å². The van der Waals surface area contributed by atoms with E-state index in [9.17, 15) is 0 Å². The second-order valence-corrected chi connectivity index (χ2v) is 16.1. The van der Waals surface area contributed by atoms with E-state index in [1.54, 1.807) is 11.3 Å². The van der Waals surface area contributed by atoms with Crippen LogP contribution < -0.4 is 0 Å². The molecule has 11 rings (SSSR count). The van der Waals surface area contributed by atoms with Crippen LogP contribution in [-0.4, -0.2) is 15.0 Å². The molecule has 0 aliphatic rings. The van der Waals surface area contributed by atoms with Crippen LogP contribution in [0.3, 0.4) is 0 Å². The van der Waals surface area contributed by atoms with Crippen LogP contribution in [0.4, 0.5) is 0 Å². The van der Waals surface area contributed by atoms with Gasteiger partial charge in [0.15, 0.2) is 17.5 Å². The maximum Gasteiger partial charge on any atom is 0.165 e. The molecule has 56 heavy (non-hydrogen) atoms. The molecule has 0 aliphatic carbocycles. The summed E-state index contributed by atoms with van der Waals surface area (Å²) in [6.07, 6.45) is 0. The first-order chi connectivity index (χ1) is 27.7. The highest BCUT2D eigenvalue weighted by molar-refractivity contribution is 7.26. The summed E-state index contributed by atoms with van der Waals surface area (Å²) in [6, 6.07) is 66.9. The second-order valence-electron chi connectivity index (χ2n) is 14.0. The molecule has 262 valence electrons. The van der Waals surface area contributed by atoms with Crippen molar-refractivity contribution in [3.05, 3.63) is 188 Å². The third-order valence-electron chi connectivity index (χ3n) is 10.5. The highest BCUT2D eigenvalue weighted by Crippen LogP contribution is 2.42. The van der Waals surface area contributed by atoms with Gasteiger partial charge in [-0.1, -0.05) is 146 Å². The fraction of sp³-hybridized carbons (Fsp3) is 0. The van der Waals surface area contributed by atoms with Gasteiger partial charge in [-0.25, -0.2) is 15.0 Å². The van der Waals surface area contributed by atoms with Gasteiger partial charge in [-0.2, -0.15) is 0 Å². The van der Waals surface area contributed by atoms with Crippen LogP contribution in [-0.2, 0) is 0 Å². The van der Waals surface area contributed by atoms with Crippen molar-refractivity contribution in [1.82, 2.24) is 15.0 Å². The number of aromatic nitrogens is 3. The van der Waals surface area contributed by atoms with Crippen molar-refractivity contribution in [3.8, 4) is 67.5 Å². The van der Waals surface area contributed by atoms with E-state index < -0.39 is 0 Å². The summed E-state index contributed by atoms with van der Waals surface area (Å²) in [5.74, 6) is 1.96. The largest absolute Gasteiger partial charge is 0.208 e. The third kappa shape index (κ3) is 5.77. The smallest absolute Gasteiger partial charge is 0.165 e. The first-order valence-electron chi connectivity index (χ1n) is 18.7. The summed E-state index contributed by atoms with van der Waals surface area (Å²) >= 11 is 3.61. The Morgan fingerprint density at radius 3 is 1.41 bits per heavy atom. The Labute approximate surface area is 331 Å². The van der Waals surface area contributed by atoms with E-state index in [0.29, 0.717) is 17.5 Å². The lowest BCUT2D eigenvalue weighted by atomic mass is 9.96. The highest BCUT2D eigenvalue weighted by atomic mass is 32.1. The second kappa shape index (κ2) is 13.5. The lowest BCUT2D eigenvalue weighted by Crippen LogP contribution is -2.00. The molecule has 0 radical (unpaired) electrons. The number of benzene rings is 8. The van der Waals surface area contributed by atoms with Gasteiger partial charge < -0.3 is 0 Å². The predicted octanol–water partition coefficient (Wildman–Crippen LogP) is 14.6. The van der Waals surface area contributed by atoms with Crippen molar-refractivity contribution in [1.29, 1.82) is 0 Å². The summed E-state index contributed by atoms with van der Waals surface area (Å²) in [6.45, 7) is 0. The molecule has 3 aromatic heterocycles. The zero-order valence-corrected chi connectivity index (χ0v) is 31.7. The van der Waals surface area contributed by atoms with E-state index >= 15 is 0 Å². The van der Waals surface area contributed by atoms with Crippen molar-refractivity contribution in [3.63, 3.8) is 0 Å². The number of nitrogens with zero attached hydrogens (tertiary/aromatic N) is 3. The summed E-state index contributed by atoms with van der Waals surface area (Å²) in [5, 5.41) is 4.96. The molecule has 0 unspecified atom stereocenters. The third-order valence-corrected chi connectivity index (χ3v) is 12.9. The van der Waals surface area contributed by atoms with Crippen molar-refractivity contribution in [2.45, 2.75) is 0 Å². The summed E-state index contributed by atoms with van der Waals surface area (Å²) < 4.78 is 4.89. The van der Waals surface area contributed by atoms with E-state index in [2.05, 4.69) is 188 Å². The zero-order valence-electron chi connectivity index (χ0n) is 30.1. The molecule has 0 N–H and O–H groups in total. The summed E-state index contributed by atoms with van der Waals surface area (Å²) in [5.41, 5.74) is 9.85. The molecule has 3 nitrogen and oxygen atoms in total. The van der Waals surface area contributed by atoms with Crippen LogP contribution in [0.5, 0.6) is 0 Å². The van der Waals surface area contributed by atoms with Gasteiger partial charge >= 0.3 is 0 Å². The molecule has 0 amide bonds. The van der Waals surface area contributed by atoms with Crippen LogP contribution >= 0.6 is 22.7 Å². The summed E-state index contributed by atoms with van der Waals surface area (Å²) in [7, 11) is 0. The Morgan fingerprint density at radius 2 is 0.750 bits per heavy atom. The van der Waals surface area contributed by atoms with Crippen LogP contribution in [0.15, 0.2) is 188 Å². The quantitative estimate of drug-likeness (QED) is 0.170. The van der Waals surface area contributed by atoms with E-state index in [-0.39, 0.29) is 0 Å². The Kier molecular flexibility index (Phi) is 7.87. The van der Waals surface area contributed by atoms with Crippen molar-refractivity contribution >= 4 is 63.0 Å². The van der Waals surface area contributed by atoms with Gasteiger partial charge in [-0.3, -0.25) is 0 Å². The molecular weight excluding hydrogens is 719 g/mol. The molecule has 0 spiro atoms. The normalized spacial score (nSPS) is 11.6. The fourth-order valence-electron chi connectivity index (χ4n) is 7.76. The number of hydrogen-bond donors (Lipinski definition) is 0. The lowest BCUT2D eigenvalue weighted by Gasteiger charge is -2.13. The predicted molar refractivity (Wildman–Crippen MR) is 238 cm³/mol. The van der Waals surface area contributed by atoms with E-state index in [0.717, 1.165) is 38.9 Å². The van der Waals surface area contributed by atoms with Crippen LogP contribution in [0.1, 0.15) is 0 Å². The van der Waals surface area contributed by atoms with Gasteiger partial charge in [0.25, 0.3) is 0 Å². The lowest BCUT2D eigenvalue weighted by molar-refractivity contribution is 1.08. The van der Waals surface area contributed by atoms with Crippen molar-refractivity contribution in [2.75, 3.05) is 0 Å². The fourth-order valence-corrected chi connectivity index (χ4v) is 10.2. The Bertz CT molecular complexity index is 3180. The average Bonchev–Trinajstić information content (AvgIpc) is 3.85. The number of thiophene rings is 2. The molecule has 3 heterocycles. The Balaban J connectivity index is 1.12. The Hall–Kier alpha value is -6.79. The minimum Gasteiger partial charge on any atom is -0.208 e. The van der Waals surface area contributed by atoms with E-state index in [1.807, 2.05) is 11.3 Å². The zero-order chi connectivity index (χ0) is 37.0. The molecule has 8 aromatic carbocycles. The molecule has 0 bridgehead atoms. The van der Waals surface area contributed by atoms with Crippen LogP contribution in [0, 0.1) is 0 Å². The topological polar surface area (TPSA) is 38.7 Å². The van der Waals surface area contributed by atoms with Gasteiger partial charge in [-0.05, 0) is 75.8 Å². The maximum absolute atomic E-state index is 5.31. The highest BCUT2D eigenvalue weighted by Gasteiger charge is 2.19. The minimum absolute atomic E-state index is 0.641. The van der Waals surface area contributed by atoms with Gasteiger partial charge in [0.05, 0.1) is 0 Å². The van der Waals surface area contributed by atoms with Gasteiger partial charge in [0, 0.05) is 57.0 Å². The molecule has 11 aromatic rings. The average molecular weight is 750 g/mol. The molecule has 0 atom stereocenters. The van der Waals surface area contributed by atoms with Crippen LogP contribution in [0.2, 0.25) is 0 Å². The Morgan fingerprint density at radius 1 is 0.268 bits per heavy atom. The number of hydrogen-bond acceptors (Lipinski definition) is 5. The first-order valence-corrected chi connectivity index (χ1v) is 20.3. The van der Waals surface area contributed by atoms with E-state index in [4.69, 9.17) is 15.0 Å². The van der Waals surface area contributed by atoms with E-state index in [1.165, 1.54) is 51.5 Å². The minimum atomic E-state index is 0.641. The molecule has 0 saturated carbocycles. The monoisotopic (exact) mass is 749 g/mol. The SMILES string of the molecule is c1ccc(-c2cc(-c3ccccc3)cc(-c3nc(-c4ccc5c(c4)sc4cc(-c6ccccc6)ccc45)nc(-c4cccc5c4sc4ccccc45)n3)c2)cc1. The molecule has 0 fully saturated rings. The van der Waals surface area contributed by atoms with Crippen LogP contribution in [0.25, 0.3) is 108 Å². The van der Waals surface area contributed by atoms with Gasteiger partial charge in [0.2, 0.25) is 0 Å². The molecule has 5 heteroatoms. The summed E-state index contributed by atoms with van der Waals surface area (Å²) in [4.78, 5) is 15.9. The molecular formula is C51H31N3S2. The standard InChI is InChI=1S/C51H31N3S2/c1-4-13-32(14-5-1)35-23-25-41-42-26-24-36(31-47(42)55-46(41)30-35)49-52-50(54-51(53-49)44-21-12-20-43-40-19-10-11-22-45(40)56-48(43)44)39-28-37(33-15-6-2-7-16-33)27-38(29-39)34-17-8-3-9-18-34/h1-31H.